The molecule has 0 atom stereocenters. The van der Waals surface area contributed by atoms with Crippen LogP contribution in [0.4, 0.5) is 22.7 Å². The summed E-state index contributed by atoms with van der Waals surface area (Å²) < 4.78 is 0. The number of anilines is 4. The Morgan fingerprint density at radius 1 is 0.574 bits per heavy atom. The number of carbonyl (C=O) groups is 2. The van der Waals surface area contributed by atoms with Crippen LogP contribution in [-0.4, -0.2) is 60.4 Å². The predicted molar refractivity (Wildman–Crippen MR) is 217 cm³/mol. The lowest BCUT2D eigenvalue weighted by atomic mass is 9.60. The van der Waals surface area contributed by atoms with Crippen LogP contribution < -0.4 is 20.4 Å². The number of fused-ring (bicyclic) bond motifs is 4. The van der Waals surface area contributed by atoms with E-state index in [0.29, 0.717) is 0 Å². The van der Waals surface area contributed by atoms with E-state index in [-0.39, 0.29) is 11.8 Å². The third-order valence-corrected chi connectivity index (χ3v) is 13.4. The molecule has 0 spiro atoms. The van der Waals surface area contributed by atoms with Crippen LogP contribution in [0.3, 0.4) is 0 Å². The Bertz CT molecular complexity index is 2480. The van der Waals surface area contributed by atoms with Crippen molar-refractivity contribution in [2.75, 3.05) is 46.6 Å². The highest BCUT2D eigenvalue weighted by Gasteiger charge is 2.54. The van der Waals surface area contributed by atoms with Gasteiger partial charge < -0.3 is 30.6 Å². The van der Waals surface area contributed by atoms with Gasteiger partial charge in [0.15, 0.2) is 0 Å². The van der Waals surface area contributed by atoms with Crippen molar-refractivity contribution >= 4 is 77.7 Å². The molecule has 8 nitrogen and oxygen atoms in total. The lowest BCUT2D eigenvalue weighted by Gasteiger charge is -2.50. The van der Waals surface area contributed by atoms with Gasteiger partial charge in [0.1, 0.15) is 0 Å². The molecule has 8 heteroatoms. The molecule has 6 aromatic carbocycles. The summed E-state index contributed by atoms with van der Waals surface area (Å²) in [6.07, 6.45) is 3.45. The molecule has 5 aliphatic rings. The first-order chi connectivity index (χ1) is 26.3. The van der Waals surface area contributed by atoms with Gasteiger partial charge in [-0.05, 0) is 105 Å². The third kappa shape index (κ3) is 4.32. The molecule has 272 valence electrons. The molecule has 0 unspecified atom stereocenters. The zero-order chi connectivity index (χ0) is 36.6. The molecule has 4 aliphatic heterocycles. The Kier molecular flexibility index (Phi) is 6.97. The van der Waals surface area contributed by atoms with Gasteiger partial charge in [-0.3, -0.25) is 9.59 Å². The molecule has 6 aromatic rings. The maximum absolute atomic E-state index is 13.0. The lowest BCUT2D eigenvalue weighted by molar-refractivity contribution is -0.115. The van der Waals surface area contributed by atoms with E-state index in [1.807, 2.05) is 0 Å². The number of hydrogen-bond donors (Lipinski definition) is 4. The van der Waals surface area contributed by atoms with Crippen molar-refractivity contribution in [3.63, 3.8) is 0 Å². The van der Waals surface area contributed by atoms with Crippen LogP contribution in [0.2, 0.25) is 0 Å². The second kappa shape index (κ2) is 11.7. The Morgan fingerprint density at radius 2 is 1.00 bits per heavy atom. The molecule has 54 heavy (non-hydrogen) atoms. The smallest absolute Gasteiger partial charge is 0.221 e. The topological polar surface area (TPSA) is 105 Å². The normalized spacial score (nSPS) is 22.5. The zero-order valence-corrected chi connectivity index (χ0v) is 30.8. The summed E-state index contributed by atoms with van der Waals surface area (Å²) in [4.78, 5) is 31.0. The van der Waals surface area contributed by atoms with E-state index >= 15 is 0 Å². The fourth-order valence-electron chi connectivity index (χ4n) is 11.4. The van der Waals surface area contributed by atoms with Gasteiger partial charge in [-0.1, -0.05) is 48.5 Å². The van der Waals surface area contributed by atoms with Crippen molar-refractivity contribution in [3.05, 3.63) is 94.0 Å². The Labute approximate surface area is 313 Å². The Hall–Kier alpha value is -5.18. The number of carbonyl (C=O) groups excluding carboxylic acids is 2. The fourth-order valence-corrected chi connectivity index (χ4v) is 11.4. The molecule has 0 aromatic heterocycles. The van der Waals surface area contributed by atoms with Crippen LogP contribution in [0.5, 0.6) is 0 Å². The van der Waals surface area contributed by atoms with Crippen LogP contribution in [0.25, 0.3) is 43.1 Å². The minimum absolute atomic E-state index is 0.167. The largest absolute Gasteiger partial charge is 0.392 e. The second-order valence-electron chi connectivity index (χ2n) is 16.3. The van der Waals surface area contributed by atoms with E-state index < -0.39 is 24.0 Å². The first-order valence-corrected chi connectivity index (χ1v) is 19.8. The molecule has 0 bridgehead atoms. The predicted octanol–water partition coefficient (Wildman–Crippen LogP) is 7.44. The summed E-state index contributed by atoms with van der Waals surface area (Å²) in [5.41, 5.74) is 10.4. The highest BCUT2D eigenvalue weighted by Crippen LogP contribution is 2.60. The fraction of sp³-hybridized carbons (Fsp3) is 0.348. The van der Waals surface area contributed by atoms with E-state index in [4.69, 9.17) is 0 Å². The maximum atomic E-state index is 13.0. The van der Waals surface area contributed by atoms with Crippen LogP contribution in [0.1, 0.15) is 71.9 Å². The zero-order valence-electron chi connectivity index (χ0n) is 30.8. The minimum Gasteiger partial charge on any atom is -0.392 e. The second-order valence-corrected chi connectivity index (χ2v) is 16.3. The first kappa shape index (κ1) is 32.3. The van der Waals surface area contributed by atoms with Gasteiger partial charge in [0.05, 0.1) is 35.0 Å². The standard InChI is InChI=1S/C46H44N4O4/c1-23(51)47-41-31-13-7-17-49-19-15-29-27-11-5-3-9-25(27)21-33(35(29)43(31)49)37(41)39-45(53)40(46(39)54)38-34-22-26-10-4-6-12-28(26)30-16-20-50-18-8-14-32(44(50)36(30)34)42(38)48-24(2)52/h3-6,9-12,21-22,39-40,45-46,53-54H,7-8,13-20H2,1-2H3,(H,47,51)(H,48,52). The van der Waals surface area contributed by atoms with Crippen molar-refractivity contribution in [1.82, 2.24) is 0 Å². The maximum Gasteiger partial charge on any atom is 0.221 e. The Balaban J connectivity index is 1.18. The average Bonchev–Trinajstić information content (AvgIpc) is 3.18. The van der Waals surface area contributed by atoms with Crippen LogP contribution in [0, 0.1) is 0 Å². The molecule has 11 rings (SSSR count). The van der Waals surface area contributed by atoms with E-state index in [0.717, 1.165) is 120 Å². The number of aliphatic hydroxyl groups is 2. The van der Waals surface area contributed by atoms with Crippen LogP contribution >= 0.6 is 0 Å². The van der Waals surface area contributed by atoms with Crippen molar-refractivity contribution < 1.29 is 19.8 Å². The summed E-state index contributed by atoms with van der Waals surface area (Å²) in [5.74, 6) is -1.65. The molecule has 4 heterocycles. The van der Waals surface area contributed by atoms with Gasteiger partial charge in [-0.25, -0.2) is 0 Å². The van der Waals surface area contributed by atoms with E-state index in [2.05, 4.69) is 81.1 Å². The first-order valence-electron chi connectivity index (χ1n) is 19.8. The summed E-state index contributed by atoms with van der Waals surface area (Å²) in [5, 5.41) is 41.1. The summed E-state index contributed by atoms with van der Waals surface area (Å²) in [7, 11) is 0. The van der Waals surface area contributed by atoms with Crippen LogP contribution in [-0.2, 0) is 35.3 Å². The molecule has 0 saturated heterocycles. The quantitative estimate of drug-likeness (QED) is 0.142. The van der Waals surface area contributed by atoms with E-state index in [1.54, 1.807) is 13.8 Å². The number of aliphatic hydroxyl groups excluding tert-OH is 2. The molecular weight excluding hydrogens is 673 g/mol. The molecular formula is C46H44N4O4. The van der Waals surface area contributed by atoms with Gasteiger partial charge in [0.25, 0.3) is 0 Å². The molecule has 1 saturated carbocycles. The SMILES string of the molecule is CC(=O)Nc1c2c3c4c(c5ccccc5cc4c1C1C(O)C(c4c(NC(C)=O)c5c6c7c(c8ccccc8cc47)CCN6CCC5)C1O)CCN3CCC2. The highest BCUT2D eigenvalue weighted by atomic mass is 16.3. The Morgan fingerprint density at radius 3 is 1.43 bits per heavy atom. The summed E-state index contributed by atoms with van der Waals surface area (Å²) >= 11 is 0. The molecule has 4 N–H and O–H groups in total. The number of rotatable bonds is 4. The van der Waals surface area contributed by atoms with Crippen molar-refractivity contribution in [2.45, 2.75) is 76.4 Å². The van der Waals surface area contributed by atoms with Gasteiger partial charge in [0, 0.05) is 73.8 Å². The van der Waals surface area contributed by atoms with Gasteiger partial charge >= 0.3 is 0 Å². The monoisotopic (exact) mass is 716 g/mol. The molecule has 1 fully saturated rings. The number of nitrogens with zero attached hydrogens (tertiary/aromatic N) is 2. The van der Waals surface area contributed by atoms with Gasteiger partial charge in [-0.15, -0.1) is 0 Å². The van der Waals surface area contributed by atoms with Crippen molar-refractivity contribution in [3.8, 4) is 0 Å². The highest BCUT2D eigenvalue weighted by molar-refractivity contribution is 6.16. The van der Waals surface area contributed by atoms with Crippen molar-refractivity contribution in [1.29, 1.82) is 0 Å². The summed E-state index contributed by atoms with van der Waals surface area (Å²) in [6, 6.07) is 21.5. The minimum atomic E-state index is -0.974. The average molecular weight is 717 g/mol. The van der Waals surface area contributed by atoms with Crippen molar-refractivity contribution in [2.24, 2.45) is 0 Å². The van der Waals surface area contributed by atoms with E-state index in [9.17, 15) is 19.8 Å². The van der Waals surface area contributed by atoms with Gasteiger partial charge in [-0.2, -0.15) is 0 Å². The number of hydrogen-bond acceptors (Lipinski definition) is 6. The van der Waals surface area contributed by atoms with Gasteiger partial charge in [0.2, 0.25) is 11.8 Å². The molecule has 0 radical (unpaired) electrons. The van der Waals surface area contributed by atoms with Crippen LogP contribution in [0.15, 0.2) is 60.7 Å². The number of nitrogens with one attached hydrogen (secondary N) is 2. The van der Waals surface area contributed by atoms with E-state index in [1.165, 1.54) is 44.0 Å². The lowest BCUT2D eigenvalue weighted by Crippen LogP contribution is -2.52. The molecule has 1 aliphatic carbocycles. The third-order valence-electron chi connectivity index (χ3n) is 13.4. The summed E-state index contributed by atoms with van der Waals surface area (Å²) in [6.45, 7) is 6.87. The number of amides is 2. The molecule has 2 amide bonds. The number of benzene rings is 6.